The SMILES string of the molecule is C=C1C[C@H]2[C@@H]3CCC4=CC(=O)C=C[C@]4(C)[C@@]3(F)[C@@H](O)C[C@]2(C)[C@@]1(O)C(=O)COC(C)=O.CCCCC(=O)O[C@]1(C(=O)CO)[C@@H](C)C[C@H]2[C@@H]3CCC4=CC(=O)C=C[C@]4(C)[C@@]3(F)[C@@H](O)C[C@@]21C.CCC[C@@H]1O[C@@H]2C[C@H]3[C@@H]4CCC5=CC(=O)C=C[C@]5(C)[C@H]4[C@@H](O)C[C@]3(C)[C@]2(C(=O)CO)O1. The molecule has 526 valence electrons. The molecular formula is C76H100F2O18. The van der Waals surface area contributed by atoms with Gasteiger partial charge in [0.2, 0.25) is 11.6 Å². The summed E-state index contributed by atoms with van der Waals surface area (Å²) in [5, 5.41) is 65.6. The number of ether oxygens (including phenoxy) is 4. The predicted octanol–water partition coefficient (Wildman–Crippen LogP) is 8.74. The highest BCUT2D eigenvalue weighted by Crippen LogP contribution is 2.74. The first kappa shape index (κ1) is 71.9. The maximum atomic E-state index is 17.3. The van der Waals surface area contributed by atoms with Gasteiger partial charge in [-0.1, -0.05) is 103 Å². The number of hydrogen-bond acceptors (Lipinski definition) is 18. The molecule has 1 aliphatic heterocycles. The van der Waals surface area contributed by atoms with Crippen LogP contribution < -0.4 is 0 Å². The van der Waals surface area contributed by atoms with Gasteiger partial charge in [0, 0.05) is 69.5 Å². The summed E-state index contributed by atoms with van der Waals surface area (Å²) in [6.07, 6.45) is 18.1. The molecule has 96 heavy (non-hydrogen) atoms. The van der Waals surface area contributed by atoms with Gasteiger partial charge in [0.15, 0.2) is 64.2 Å². The number of aliphatic hydroxyl groups is 6. The predicted molar refractivity (Wildman–Crippen MR) is 346 cm³/mol. The summed E-state index contributed by atoms with van der Waals surface area (Å²) in [5.74, 6) is -5.23. The van der Waals surface area contributed by atoms with Crippen LogP contribution in [0.1, 0.15) is 178 Å². The molecule has 0 aromatic carbocycles. The number of ketones is 6. The normalized spacial score (nSPS) is 47.1. The minimum absolute atomic E-state index is 0.0125. The number of allylic oxidation sites excluding steroid dienone is 12. The minimum Gasteiger partial charge on any atom is -0.458 e. The molecule has 20 heteroatoms. The van der Waals surface area contributed by atoms with E-state index in [2.05, 4.69) is 27.4 Å². The van der Waals surface area contributed by atoms with Gasteiger partial charge in [0.1, 0.15) is 13.2 Å². The lowest BCUT2D eigenvalue weighted by Crippen LogP contribution is -2.70. The first-order chi connectivity index (χ1) is 44.9. The van der Waals surface area contributed by atoms with Crippen molar-refractivity contribution in [3.63, 3.8) is 0 Å². The summed E-state index contributed by atoms with van der Waals surface area (Å²) in [6, 6.07) is 0. The standard InChI is InChI=1S/C27H37FO6.C25H34O6.C24H29FO6/c1-5-6-7-23(33)34-27(22(32)15-29)16(2)12-20-19-9-8-17-13-18(30)10-11-24(17,3)26(19,28)21(31)14-25(20,27)4;1-4-5-21-30-20-11-17-16-7-6-14-10-15(27)8-9-23(14,2)22(16)18(28)12-24(17,3)25(20,31-21)19(29)13-26;1-13-9-18-17-6-5-15-10-16(27)7-8-21(15,3)23(17,25)19(28)11-22(18,4)24(13,30)20(29)12-31-14(2)26/h10-11,13,16,19-21,29,31H,5-9,12,14-15H2,1-4H3;8-10,16-18,20-22,26,28H,4-7,11-13H2,1-3H3;7-8,10,17-19,28,30H,1,5-6,9,11-12H2,2-4H3/t16-,19-,20-,21-,24-,25-,26-,27-;16-,17-,18-,20+,21+,22+,23-,24-,25+;17-,18-,19-,21-,22-,23-,24-/m000/s1. The lowest BCUT2D eigenvalue weighted by Gasteiger charge is -2.62. The molecule has 18 nitrogen and oxygen atoms in total. The van der Waals surface area contributed by atoms with Gasteiger partial charge in [-0.25, -0.2) is 8.78 Å². The van der Waals surface area contributed by atoms with Gasteiger partial charge in [-0.2, -0.15) is 0 Å². The second kappa shape index (κ2) is 24.8. The minimum atomic E-state index is -2.05. The molecule has 0 aromatic rings. The van der Waals surface area contributed by atoms with Crippen LogP contribution in [0.2, 0.25) is 0 Å². The Bertz CT molecular complexity index is 3470. The Labute approximate surface area is 561 Å². The maximum absolute atomic E-state index is 17.3. The number of carbonyl (C=O) groups is 8. The fourth-order valence-corrected chi connectivity index (χ4v) is 23.1. The Balaban J connectivity index is 0.000000146. The molecule has 0 radical (unpaired) electrons. The van der Waals surface area contributed by atoms with E-state index >= 15 is 8.78 Å². The molecule has 0 aromatic heterocycles. The van der Waals surface area contributed by atoms with Crippen molar-refractivity contribution in [2.45, 2.75) is 237 Å². The highest BCUT2D eigenvalue weighted by atomic mass is 19.1. The molecule has 12 aliphatic carbocycles. The number of Topliss-reactive ketones (excluding diaryl/α,β-unsaturated/α-hetero) is 3. The Morgan fingerprint density at radius 3 is 1.76 bits per heavy atom. The van der Waals surface area contributed by atoms with Crippen molar-refractivity contribution in [3.05, 3.63) is 83.6 Å². The fraction of sp³-hybridized carbons (Fsp3) is 0.711. The van der Waals surface area contributed by atoms with E-state index in [0.29, 0.717) is 68.9 Å². The van der Waals surface area contributed by atoms with Crippen LogP contribution >= 0.6 is 0 Å². The van der Waals surface area contributed by atoms with E-state index in [1.807, 2.05) is 26.8 Å². The highest BCUT2D eigenvalue weighted by molar-refractivity contribution is 6.03. The van der Waals surface area contributed by atoms with Gasteiger partial charge in [-0.15, -0.1) is 0 Å². The summed E-state index contributed by atoms with van der Waals surface area (Å²) >= 11 is 0. The number of unbranched alkanes of at least 4 members (excludes halogenated alkanes) is 1. The van der Waals surface area contributed by atoms with E-state index in [1.54, 1.807) is 45.1 Å². The van der Waals surface area contributed by atoms with Crippen LogP contribution in [0.15, 0.2) is 83.6 Å². The van der Waals surface area contributed by atoms with E-state index in [0.717, 1.165) is 31.3 Å². The van der Waals surface area contributed by atoms with Crippen molar-refractivity contribution in [2.75, 3.05) is 19.8 Å². The Hall–Kier alpha value is -5.32. The zero-order valence-corrected chi connectivity index (χ0v) is 57.4. The number of aliphatic hydroxyl groups excluding tert-OH is 5. The lowest BCUT2D eigenvalue weighted by molar-refractivity contribution is -0.228. The average Bonchev–Trinajstić information content (AvgIpc) is 1.43. The zero-order chi connectivity index (χ0) is 70.3. The third kappa shape index (κ3) is 9.81. The third-order valence-corrected chi connectivity index (χ3v) is 27.8. The van der Waals surface area contributed by atoms with Crippen molar-refractivity contribution in [2.24, 2.45) is 79.8 Å². The number of hydrogen-bond donors (Lipinski definition) is 6. The fourth-order valence-electron chi connectivity index (χ4n) is 23.1. The third-order valence-electron chi connectivity index (χ3n) is 27.8. The maximum Gasteiger partial charge on any atom is 0.306 e. The Morgan fingerprint density at radius 2 is 1.21 bits per heavy atom. The molecule has 1 saturated heterocycles. The van der Waals surface area contributed by atoms with Crippen LogP contribution in [-0.4, -0.2) is 156 Å². The van der Waals surface area contributed by atoms with E-state index in [4.69, 9.17) is 18.9 Å². The summed E-state index contributed by atoms with van der Waals surface area (Å²) in [6.45, 7) is 20.1. The van der Waals surface area contributed by atoms with Crippen LogP contribution in [0.25, 0.3) is 0 Å². The van der Waals surface area contributed by atoms with E-state index < -0.39 is 153 Å². The molecule has 10 fully saturated rings. The molecule has 0 spiro atoms. The van der Waals surface area contributed by atoms with Crippen LogP contribution in [0.4, 0.5) is 8.78 Å². The van der Waals surface area contributed by atoms with Gasteiger partial charge in [0.05, 0.1) is 24.4 Å². The van der Waals surface area contributed by atoms with Crippen molar-refractivity contribution in [3.8, 4) is 0 Å². The van der Waals surface area contributed by atoms with Crippen molar-refractivity contribution in [1.29, 1.82) is 0 Å². The molecule has 0 bridgehead atoms. The lowest BCUT2D eigenvalue weighted by atomic mass is 9.44. The largest absolute Gasteiger partial charge is 0.458 e. The number of fused-ring (bicyclic) bond motifs is 17. The van der Waals surface area contributed by atoms with Crippen LogP contribution in [0.3, 0.4) is 0 Å². The quantitative estimate of drug-likeness (QED) is 0.0742. The monoisotopic (exact) mass is 1340 g/mol. The summed E-state index contributed by atoms with van der Waals surface area (Å²) in [4.78, 5) is 99.4. The second-order valence-electron chi connectivity index (χ2n) is 32.0. The van der Waals surface area contributed by atoms with Gasteiger partial charge in [0.25, 0.3) is 0 Å². The average molecular weight is 1340 g/mol. The number of esters is 2. The van der Waals surface area contributed by atoms with Gasteiger partial charge < -0.3 is 49.6 Å². The van der Waals surface area contributed by atoms with Gasteiger partial charge in [-0.05, 0) is 169 Å². The van der Waals surface area contributed by atoms with E-state index in [-0.39, 0.29) is 83.5 Å². The first-order valence-corrected chi connectivity index (χ1v) is 35.1. The van der Waals surface area contributed by atoms with E-state index in [9.17, 15) is 69.0 Å². The van der Waals surface area contributed by atoms with Gasteiger partial charge >= 0.3 is 11.9 Å². The van der Waals surface area contributed by atoms with Crippen molar-refractivity contribution >= 4 is 46.6 Å². The summed E-state index contributed by atoms with van der Waals surface area (Å²) in [7, 11) is 0. The molecule has 0 amide bonds. The first-order valence-electron chi connectivity index (χ1n) is 35.1. The molecule has 0 unspecified atom stereocenters. The summed E-state index contributed by atoms with van der Waals surface area (Å²) < 4.78 is 57.7. The number of carbonyl (C=O) groups excluding carboxylic acids is 8. The van der Waals surface area contributed by atoms with Crippen molar-refractivity contribution in [1.82, 2.24) is 0 Å². The summed E-state index contributed by atoms with van der Waals surface area (Å²) in [5.41, 5.74) is -11.6. The van der Waals surface area contributed by atoms with Gasteiger partial charge in [-0.3, -0.25) is 38.4 Å². The number of alkyl halides is 2. The zero-order valence-electron chi connectivity index (χ0n) is 57.4. The van der Waals surface area contributed by atoms with Crippen molar-refractivity contribution < 1.29 is 96.7 Å². The molecule has 6 N–H and O–H groups in total. The smallest absolute Gasteiger partial charge is 0.306 e. The second-order valence-corrected chi connectivity index (χ2v) is 32.0. The Kier molecular flexibility index (Phi) is 18.6. The van der Waals surface area contributed by atoms with Crippen LogP contribution in [0.5, 0.6) is 0 Å². The van der Waals surface area contributed by atoms with E-state index in [1.165, 1.54) is 31.2 Å². The highest BCUT2D eigenvalue weighted by Gasteiger charge is 2.80. The topological polar surface area (TPSA) is 295 Å². The molecule has 1 heterocycles. The molecule has 13 aliphatic rings. The molecular weight excluding hydrogens is 1240 g/mol. The van der Waals surface area contributed by atoms with Crippen LogP contribution in [0, 0.1) is 79.8 Å². The Morgan fingerprint density at radius 1 is 0.667 bits per heavy atom. The number of rotatable bonds is 13. The molecule has 13 rings (SSSR count). The molecule has 24 atom stereocenters. The molecule has 9 saturated carbocycles. The number of halogens is 2. The van der Waals surface area contributed by atoms with Crippen LogP contribution in [-0.2, 0) is 57.3 Å².